The predicted octanol–water partition coefficient (Wildman–Crippen LogP) is 1.63. The summed E-state index contributed by atoms with van der Waals surface area (Å²) in [7, 11) is 2.83. The van der Waals surface area contributed by atoms with E-state index in [9.17, 15) is 9.59 Å². The number of ether oxygens (including phenoxy) is 1. The summed E-state index contributed by atoms with van der Waals surface area (Å²) in [5, 5.41) is 2.67. The Balaban J connectivity index is 2.19. The normalized spacial score (nSPS) is 9.91. The number of hydrogen-bond acceptors (Lipinski definition) is 5. The summed E-state index contributed by atoms with van der Waals surface area (Å²) in [6.45, 7) is 0. The molecule has 7 nitrogen and oxygen atoms in total. The number of pyridine rings is 1. The Hall–Kier alpha value is -2.93. The largest absolute Gasteiger partial charge is 0.481 e. The van der Waals surface area contributed by atoms with Crippen LogP contribution in [0.15, 0.2) is 42.6 Å². The first-order valence-corrected chi connectivity index (χ1v) is 6.39. The maximum atomic E-state index is 12.2. The summed E-state index contributed by atoms with van der Waals surface area (Å²) in [6, 6.07) is 9.77. The molecule has 0 atom stereocenters. The lowest BCUT2D eigenvalue weighted by atomic mass is 10.1. The van der Waals surface area contributed by atoms with Crippen LogP contribution in [0.4, 0.5) is 5.69 Å². The number of nitrogens with zero attached hydrogens (tertiary/aromatic N) is 1. The highest BCUT2D eigenvalue weighted by Gasteiger charge is 2.14. The molecule has 22 heavy (non-hydrogen) atoms. The second-order valence-electron chi connectivity index (χ2n) is 4.22. The van der Waals surface area contributed by atoms with E-state index in [-0.39, 0.29) is 5.91 Å². The molecule has 0 saturated carbocycles. The SMILES string of the molecule is CONC(=O)c1ccccc1NC(=O)c1ccc(OC)nc1. The molecule has 0 aliphatic heterocycles. The Kier molecular flexibility index (Phi) is 5.05. The smallest absolute Gasteiger partial charge is 0.276 e. The molecular weight excluding hydrogens is 286 g/mol. The number of nitrogens with one attached hydrogen (secondary N) is 2. The van der Waals surface area contributed by atoms with Crippen LogP contribution in [0.1, 0.15) is 20.7 Å². The molecule has 2 rings (SSSR count). The summed E-state index contributed by atoms with van der Waals surface area (Å²) in [6.07, 6.45) is 1.39. The first kappa shape index (κ1) is 15.5. The molecule has 0 unspecified atom stereocenters. The van der Waals surface area contributed by atoms with Gasteiger partial charge in [0.25, 0.3) is 11.8 Å². The molecule has 0 radical (unpaired) electrons. The van der Waals surface area contributed by atoms with Crippen molar-refractivity contribution in [1.82, 2.24) is 10.5 Å². The van der Waals surface area contributed by atoms with Gasteiger partial charge in [0.2, 0.25) is 5.88 Å². The third kappa shape index (κ3) is 3.58. The van der Waals surface area contributed by atoms with Crippen molar-refractivity contribution in [3.63, 3.8) is 0 Å². The van der Waals surface area contributed by atoms with Crippen LogP contribution in [0.2, 0.25) is 0 Å². The maximum Gasteiger partial charge on any atom is 0.276 e. The van der Waals surface area contributed by atoms with Gasteiger partial charge in [-0.15, -0.1) is 0 Å². The first-order valence-electron chi connectivity index (χ1n) is 6.39. The van der Waals surface area contributed by atoms with Gasteiger partial charge in [-0.25, -0.2) is 10.5 Å². The number of para-hydroxylation sites is 1. The van der Waals surface area contributed by atoms with Gasteiger partial charge in [0, 0.05) is 12.3 Å². The van der Waals surface area contributed by atoms with Crippen LogP contribution in [-0.4, -0.2) is 31.0 Å². The van der Waals surface area contributed by atoms with E-state index in [0.717, 1.165) is 0 Å². The van der Waals surface area contributed by atoms with E-state index >= 15 is 0 Å². The Labute approximate surface area is 127 Å². The average molecular weight is 301 g/mol. The molecule has 1 heterocycles. The number of hydrogen-bond donors (Lipinski definition) is 2. The molecular formula is C15H15N3O4. The highest BCUT2D eigenvalue weighted by Crippen LogP contribution is 2.16. The molecule has 2 amide bonds. The number of carbonyl (C=O) groups excluding carboxylic acids is 2. The second kappa shape index (κ2) is 7.19. The molecule has 0 fully saturated rings. The number of methoxy groups -OCH3 is 1. The zero-order valence-electron chi connectivity index (χ0n) is 12.1. The highest BCUT2D eigenvalue weighted by atomic mass is 16.6. The van der Waals surface area contributed by atoms with E-state index < -0.39 is 5.91 Å². The molecule has 1 aromatic carbocycles. The molecule has 0 saturated heterocycles. The predicted molar refractivity (Wildman–Crippen MR) is 79.7 cm³/mol. The van der Waals surface area contributed by atoms with Crippen LogP contribution < -0.4 is 15.5 Å². The number of carbonyl (C=O) groups is 2. The summed E-state index contributed by atoms with van der Waals surface area (Å²) >= 11 is 0. The van der Waals surface area contributed by atoms with E-state index in [1.807, 2.05) is 0 Å². The lowest BCUT2D eigenvalue weighted by Gasteiger charge is -2.10. The maximum absolute atomic E-state index is 12.2. The van der Waals surface area contributed by atoms with E-state index in [4.69, 9.17) is 4.74 Å². The zero-order valence-corrected chi connectivity index (χ0v) is 12.1. The van der Waals surface area contributed by atoms with Gasteiger partial charge in [0.05, 0.1) is 31.0 Å². The van der Waals surface area contributed by atoms with Crippen LogP contribution in [0.5, 0.6) is 5.88 Å². The van der Waals surface area contributed by atoms with Crippen LogP contribution >= 0.6 is 0 Å². The lowest BCUT2D eigenvalue weighted by Crippen LogP contribution is -2.24. The zero-order chi connectivity index (χ0) is 15.9. The summed E-state index contributed by atoms with van der Waals surface area (Å²) in [5.74, 6) is -0.421. The van der Waals surface area contributed by atoms with E-state index in [0.29, 0.717) is 22.7 Å². The van der Waals surface area contributed by atoms with Gasteiger partial charge in [-0.1, -0.05) is 12.1 Å². The molecule has 0 aliphatic rings. The topological polar surface area (TPSA) is 89.6 Å². The summed E-state index contributed by atoms with van der Waals surface area (Å²) in [4.78, 5) is 32.6. The Morgan fingerprint density at radius 3 is 2.45 bits per heavy atom. The van der Waals surface area contributed by atoms with Crippen molar-refractivity contribution in [2.24, 2.45) is 0 Å². The molecule has 2 N–H and O–H groups in total. The number of amides is 2. The van der Waals surface area contributed by atoms with Crippen molar-refractivity contribution in [2.75, 3.05) is 19.5 Å². The van der Waals surface area contributed by atoms with Crippen molar-refractivity contribution in [3.8, 4) is 5.88 Å². The fourth-order valence-electron chi connectivity index (χ4n) is 1.77. The molecule has 7 heteroatoms. The molecule has 0 bridgehead atoms. The molecule has 0 spiro atoms. The molecule has 114 valence electrons. The molecule has 1 aromatic heterocycles. The second-order valence-corrected chi connectivity index (χ2v) is 4.22. The lowest BCUT2D eigenvalue weighted by molar-refractivity contribution is 0.0538. The Morgan fingerprint density at radius 1 is 1.05 bits per heavy atom. The van der Waals surface area contributed by atoms with E-state index in [2.05, 4.69) is 20.6 Å². The van der Waals surface area contributed by atoms with Crippen LogP contribution in [0.25, 0.3) is 0 Å². The van der Waals surface area contributed by atoms with Crippen molar-refractivity contribution in [2.45, 2.75) is 0 Å². The molecule has 2 aromatic rings. The minimum absolute atomic E-state index is 0.291. The fraction of sp³-hybridized carbons (Fsp3) is 0.133. The number of benzene rings is 1. The van der Waals surface area contributed by atoms with Crippen LogP contribution in [0.3, 0.4) is 0 Å². The van der Waals surface area contributed by atoms with Crippen LogP contribution in [-0.2, 0) is 4.84 Å². The monoisotopic (exact) mass is 301 g/mol. The number of anilines is 1. The van der Waals surface area contributed by atoms with Crippen molar-refractivity contribution in [1.29, 1.82) is 0 Å². The van der Waals surface area contributed by atoms with Gasteiger partial charge in [0.1, 0.15) is 0 Å². The van der Waals surface area contributed by atoms with Gasteiger partial charge >= 0.3 is 0 Å². The average Bonchev–Trinajstić information content (AvgIpc) is 2.55. The van der Waals surface area contributed by atoms with Crippen molar-refractivity contribution in [3.05, 3.63) is 53.7 Å². The third-order valence-electron chi connectivity index (χ3n) is 2.82. The quantitative estimate of drug-likeness (QED) is 0.819. The van der Waals surface area contributed by atoms with Gasteiger partial charge in [0.15, 0.2) is 0 Å². The third-order valence-corrected chi connectivity index (χ3v) is 2.82. The van der Waals surface area contributed by atoms with Crippen molar-refractivity contribution < 1.29 is 19.2 Å². The van der Waals surface area contributed by atoms with Crippen LogP contribution in [0, 0.1) is 0 Å². The minimum Gasteiger partial charge on any atom is -0.481 e. The number of rotatable bonds is 5. The number of aromatic nitrogens is 1. The van der Waals surface area contributed by atoms with Gasteiger partial charge in [-0.2, -0.15) is 0 Å². The fourth-order valence-corrected chi connectivity index (χ4v) is 1.77. The summed E-state index contributed by atoms with van der Waals surface area (Å²) < 4.78 is 4.94. The van der Waals surface area contributed by atoms with Crippen molar-refractivity contribution >= 4 is 17.5 Å². The Bertz CT molecular complexity index is 671. The standard InChI is InChI=1S/C15H15N3O4/c1-21-13-8-7-10(9-16-13)14(19)17-12-6-4-3-5-11(12)15(20)18-22-2/h3-9H,1-2H3,(H,17,19)(H,18,20). The Morgan fingerprint density at radius 2 is 1.82 bits per heavy atom. The van der Waals surface area contributed by atoms with Gasteiger partial charge in [-0.05, 0) is 18.2 Å². The van der Waals surface area contributed by atoms with E-state index in [1.165, 1.54) is 20.4 Å². The highest BCUT2D eigenvalue weighted by molar-refractivity contribution is 6.08. The van der Waals surface area contributed by atoms with Gasteiger partial charge < -0.3 is 10.1 Å². The number of hydroxylamine groups is 1. The minimum atomic E-state index is -0.453. The summed E-state index contributed by atoms with van der Waals surface area (Å²) in [5.41, 5.74) is 3.22. The van der Waals surface area contributed by atoms with E-state index in [1.54, 1.807) is 36.4 Å². The molecule has 0 aliphatic carbocycles. The first-order chi connectivity index (χ1) is 10.7. The van der Waals surface area contributed by atoms with Gasteiger partial charge in [-0.3, -0.25) is 14.4 Å².